The number of carbonyl (C=O) groups excluding carboxylic acids is 1. The van der Waals surface area contributed by atoms with Gasteiger partial charge in [0, 0.05) is 17.3 Å². The summed E-state index contributed by atoms with van der Waals surface area (Å²) < 4.78 is 4.79. The number of rotatable bonds is 2. The molecule has 0 aromatic carbocycles. The number of hydrogen-bond donors (Lipinski definition) is 1. The van der Waals surface area contributed by atoms with Crippen molar-refractivity contribution in [2.24, 2.45) is 0 Å². The largest absolute Gasteiger partial charge is 0.361 e. The third kappa shape index (κ3) is 2.38. The Labute approximate surface area is 96.4 Å². The van der Waals surface area contributed by atoms with Gasteiger partial charge in [-0.3, -0.25) is 4.79 Å². The zero-order valence-electron chi connectivity index (χ0n) is 8.40. The molecule has 16 heavy (non-hydrogen) atoms. The van der Waals surface area contributed by atoms with Crippen LogP contribution in [0.25, 0.3) is 0 Å². The minimum atomic E-state index is -0.383. The summed E-state index contributed by atoms with van der Waals surface area (Å²) in [5, 5.41) is 6.64. The molecule has 0 aliphatic carbocycles. The van der Waals surface area contributed by atoms with Gasteiger partial charge in [0.05, 0.1) is 0 Å². The Hall–Kier alpha value is -1.88. The van der Waals surface area contributed by atoms with Crippen LogP contribution in [0.3, 0.4) is 0 Å². The highest BCUT2D eigenvalue weighted by molar-refractivity contribution is 6.30. The summed E-state index contributed by atoms with van der Waals surface area (Å²) in [4.78, 5) is 15.6. The van der Waals surface area contributed by atoms with Crippen molar-refractivity contribution >= 4 is 23.3 Å². The average Bonchev–Trinajstić information content (AvgIpc) is 2.65. The summed E-state index contributed by atoms with van der Waals surface area (Å²) in [6.07, 6.45) is 1.51. The van der Waals surface area contributed by atoms with Gasteiger partial charge in [-0.1, -0.05) is 16.8 Å². The molecule has 0 atom stereocenters. The molecule has 0 fully saturated rings. The lowest BCUT2D eigenvalue weighted by Crippen LogP contribution is -2.13. The molecule has 0 radical (unpaired) electrons. The van der Waals surface area contributed by atoms with Crippen LogP contribution in [0.5, 0.6) is 0 Å². The Morgan fingerprint density at radius 1 is 1.50 bits per heavy atom. The van der Waals surface area contributed by atoms with E-state index in [4.69, 9.17) is 16.1 Å². The molecule has 0 bridgehead atoms. The van der Waals surface area contributed by atoms with Crippen LogP contribution < -0.4 is 5.32 Å². The summed E-state index contributed by atoms with van der Waals surface area (Å²) >= 11 is 5.75. The van der Waals surface area contributed by atoms with Gasteiger partial charge in [-0.25, -0.2) is 4.98 Å². The van der Waals surface area contributed by atoms with Gasteiger partial charge in [-0.2, -0.15) is 0 Å². The topological polar surface area (TPSA) is 68.0 Å². The van der Waals surface area contributed by atoms with E-state index in [9.17, 15) is 4.79 Å². The maximum Gasteiger partial charge on any atom is 0.279 e. The molecule has 0 spiro atoms. The first-order valence-electron chi connectivity index (χ1n) is 4.51. The molecule has 0 aliphatic rings. The minimum absolute atomic E-state index is 0.208. The molecule has 5 nitrogen and oxygen atoms in total. The average molecular weight is 238 g/mol. The van der Waals surface area contributed by atoms with Crippen LogP contribution in [0.15, 0.2) is 28.9 Å². The minimum Gasteiger partial charge on any atom is -0.361 e. The summed E-state index contributed by atoms with van der Waals surface area (Å²) in [7, 11) is 0. The van der Waals surface area contributed by atoms with E-state index in [-0.39, 0.29) is 11.6 Å². The molecular weight excluding hydrogens is 230 g/mol. The number of amides is 1. The van der Waals surface area contributed by atoms with Crippen molar-refractivity contribution in [3.8, 4) is 0 Å². The molecule has 1 amide bonds. The monoisotopic (exact) mass is 237 g/mol. The molecule has 0 unspecified atom stereocenters. The number of aryl methyl sites for hydroxylation is 1. The van der Waals surface area contributed by atoms with Crippen molar-refractivity contribution in [2.45, 2.75) is 6.92 Å². The number of pyridine rings is 1. The molecule has 2 heterocycles. The number of hydrogen-bond acceptors (Lipinski definition) is 4. The Bertz CT molecular complexity index is 524. The van der Waals surface area contributed by atoms with Crippen LogP contribution >= 0.6 is 11.6 Å². The maximum absolute atomic E-state index is 11.6. The Kier molecular flexibility index (Phi) is 2.87. The van der Waals surface area contributed by atoms with Gasteiger partial charge < -0.3 is 9.84 Å². The van der Waals surface area contributed by atoms with Crippen LogP contribution in [0.4, 0.5) is 5.82 Å². The Balaban J connectivity index is 2.13. The van der Waals surface area contributed by atoms with Gasteiger partial charge in [0.15, 0.2) is 5.69 Å². The van der Waals surface area contributed by atoms with Crippen LogP contribution in [0.2, 0.25) is 5.02 Å². The third-order valence-electron chi connectivity index (χ3n) is 1.82. The van der Waals surface area contributed by atoms with Gasteiger partial charge in [-0.05, 0) is 19.1 Å². The predicted octanol–water partition coefficient (Wildman–Crippen LogP) is 2.28. The van der Waals surface area contributed by atoms with Gasteiger partial charge >= 0.3 is 0 Å². The first kappa shape index (κ1) is 10.6. The van der Waals surface area contributed by atoms with Crippen molar-refractivity contribution < 1.29 is 9.32 Å². The highest BCUT2D eigenvalue weighted by Crippen LogP contribution is 2.12. The summed E-state index contributed by atoms with van der Waals surface area (Å²) in [5.41, 5.74) is 0.208. The van der Waals surface area contributed by atoms with Crippen molar-refractivity contribution in [1.29, 1.82) is 0 Å². The Morgan fingerprint density at radius 2 is 2.31 bits per heavy atom. The van der Waals surface area contributed by atoms with E-state index in [1.165, 1.54) is 6.20 Å². The van der Waals surface area contributed by atoms with E-state index in [0.29, 0.717) is 16.6 Å². The zero-order valence-corrected chi connectivity index (χ0v) is 9.15. The normalized spacial score (nSPS) is 10.1. The fourth-order valence-corrected chi connectivity index (χ4v) is 1.29. The highest BCUT2D eigenvalue weighted by Gasteiger charge is 2.11. The molecular formula is C10H8ClN3O2. The molecule has 82 valence electrons. The number of nitrogens with one attached hydrogen (secondary N) is 1. The van der Waals surface area contributed by atoms with Crippen LogP contribution in [0, 0.1) is 6.92 Å². The summed E-state index contributed by atoms with van der Waals surface area (Å²) in [6.45, 7) is 1.71. The third-order valence-corrected chi connectivity index (χ3v) is 2.06. The van der Waals surface area contributed by atoms with Gasteiger partial charge in [0.1, 0.15) is 11.6 Å². The van der Waals surface area contributed by atoms with Crippen LogP contribution in [0.1, 0.15) is 16.2 Å². The molecule has 0 saturated carbocycles. The predicted molar refractivity (Wildman–Crippen MR) is 58.4 cm³/mol. The second-order valence-electron chi connectivity index (χ2n) is 3.14. The molecule has 1 N–H and O–H groups in total. The lowest BCUT2D eigenvalue weighted by molar-refractivity contribution is 0.101. The Morgan fingerprint density at radius 3 is 2.94 bits per heavy atom. The maximum atomic E-state index is 11.6. The summed E-state index contributed by atoms with van der Waals surface area (Å²) in [5.74, 6) is 0.564. The van der Waals surface area contributed by atoms with Crippen LogP contribution in [-0.4, -0.2) is 16.0 Å². The zero-order chi connectivity index (χ0) is 11.5. The molecule has 2 aromatic heterocycles. The number of aromatic nitrogens is 2. The molecule has 0 saturated heterocycles. The summed E-state index contributed by atoms with van der Waals surface area (Å²) in [6, 6.07) is 4.71. The molecule has 0 aliphatic heterocycles. The van der Waals surface area contributed by atoms with E-state index in [2.05, 4.69) is 15.5 Å². The van der Waals surface area contributed by atoms with E-state index >= 15 is 0 Å². The van der Waals surface area contributed by atoms with Gasteiger partial charge in [0.2, 0.25) is 0 Å². The van der Waals surface area contributed by atoms with E-state index < -0.39 is 0 Å². The van der Waals surface area contributed by atoms with E-state index in [0.717, 1.165) is 0 Å². The highest BCUT2D eigenvalue weighted by atomic mass is 35.5. The van der Waals surface area contributed by atoms with E-state index in [1.54, 1.807) is 25.1 Å². The standard InChI is InChI=1S/C10H8ClN3O2/c1-6-4-8(14-16-6)10(15)13-9-5-7(11)2-3-12-9/h2-5H,1H3,(H,12,13,15). The molecule has 2 rings (SSSR count). The van der Waals surface area contributed by atoms with Crippen molar-refractivity contribution in [3.63, 3.8) is 0 Å². The first-order valence-corrected chi connectivity index (χ1v) is 4.89. The molecule has 2 aromatic rings. The van der Waals surface area contributed by atoms with Crippen molar-refractivity contribution in [3.05, 3.63) is 40.9 Å². The number of anilines is 1. The van der Waals surface area contributed by atoms with Crippen LogP contribution in [-0.2, 0) is 0 Å². The van der Waals surface area contributed by atoms with Gasteiger partial charge in [0.25, 0.3) is 5.91 Å². The number of nitrogens with zero attached hydrogens (tertiary/aromatic N) is 2. The second-order valence-corrected chi connectivity index (χ2v) is 3.57. The smallest absolute Gasteiger partial charge is 0.279 e. The van der Waals surface area contributed by atoms with E-state index in [1.807, 2.05) is 0 Å². The van der Waals surface area contributed by atoms with Crippen molar-refractivity contribution in [1.82, 2.24) is 10.1 Å². The fraction of sp³-hybridized carbons (Fsp3) is 0.100. The SMILES string of the molecule is Cc1cc(C(=O)Nc2cc(Cl)ccn2)no1. The second kappa shape index (κ2) is 4.32. The number of carbonyl (C=O) groups is 1. The molecule has 6 heteroatoms. The lowest BCUT2D eigenvalue weighted by atomic mass is 10.3. The van der Waals surface area contributed by atoms with Crippen molar-refractivity contribution in [2.75, 3.05) is 5.32 Å². The fourth-order valence-electron chi connectivity index (χ4n) is 1.13. The number of halogens is 1. The van der Waals surface area contributed by atoms with Gasteiger partial charge in [-0.15, -0.1) is 0 Å². The first-order chi connectivity index (χ1) is 7.65. The lowest BCUT2D eigenvalue weighted by Gasteiger charge is -2.00. The quantitative estimate of drug-likeness (QED) is 0.870.